The van der Waals surface area contributed by atoms with Gasteiger partial charge in [0.05, 0.1) is 23.5 Å². The summed E-state index contributed by atoms with van der Waals surface area (Å²) in [5, 5.41) is 12.1. The number of aromatic nitrogens is 2. The zero-order valence-electron chi connectivity index (χ0n) is 16.3. The van der Waals surface area contributed by atoms with Gasteiger partial charge in [-0.3, -0.25) is 9.59 Å². The second-order valence-electron chi connectivity index (χ2n) is 6.60. The van der Waals surface area contributed by atoms with Gasteiger partial charge in [0.2, 0.25) is 5.91 Å². The Morgan fingerprint density at radius 2 is 2.00 bits per heavy atom. The van der Waals surface area contributed by atoms with Crippen LogP contribution in [-0.4, -0.2) is 38.4 Å². The average molecular weight is 410 g/mol. The van der Waals surface area contributed by atoms with Gasteiger partial charge in [0.25, 0.3) is 0 Å². The number of amides is 1. The van der Waals surface area contributed by atoms with Crippen molar-refractivity contribution in [2.45, 2.75) is 26.8 Å². The van der Waals surface area contributed by atoms with Crippen LogP contribution in [0.2, 0.25) is 0 Å². The number of carboxylic acid groups (broad SMARTS) is 1. The molecule has 0 saturated heterocycles. The maximum absolute atomic E-state index is 11.8. The molecule has 3 aromatic heterocycles. The first-order valence-electron chi connectivity index (χ1n) is 9.14. The van der Waals surface area contributed by atoms with Gasteiger partial charge >= 0.3 is 5.97 Å². The molecule has 8 heteroatoms. The van der Waals surface area contributed by atoms with E-state index < -0.39 is 5.97 Å². The lowest BCUT2D eigenvalue weighted by Gasteiger charge is -2.19. The third-order valence-corrected chi connectivity index (χ3v) is 5.31. The molecule has 3 aromatic rings. The maximum atomic E-state index is 11.8. The van der Waals surface area contributed by atoms with Crippen molar-refractivity contribution in [3.8, 4) is 10.6 Å². The smallest absolute Gasteiger partial charge is 0.305 e. The number of pyridine rings is 2. The highest BCUT2D eigenvalue weighted by atomic mass is 32.1. The fraction of sp³-hybridized carbons (Fsp3) is 0.238. The van der Waals surface area contributed by atoms with Crippen LogP contribution >= 0.6 is 11.3 Å². The second kappa shape index (κ2) is 9.29. The predicted molar refractivity (Wildman–Crippen MR) is 113 cm³/mol. The molecule has 3 rings (SSSR count). The molecule has 29 heavy (non-hydrogen) atoms. The van der Waals surface area contributed by atoms with Crippen molar-refractivity contribution < 1.29 is 14.7 Å². The van der Waals surface area contributed by atoms with Crippen molar-refractivity contribution in [1.29, 1.82) is 0 Å². The van der Waals surface area contributed by atoms with Crippen molar-refractivity contribution >= 4 is 34.8 Å². The normalized spacial score (nSPS) is 10.6. The van der Waals surface area contributed by atoms with E-state index in [1.54, 1.807) is 11.1 Å². The summed E-state index contributed by atoms with van der Waals surface area (Å²) in [6.07, 6.45) is 1.68. The second-order valence-corrected chi connectivity index (χ2v) is 7.77. The first kappa shape index (κ1) is 20.5. The van der Waals surface area contributed by atoms with Crippen LogP contribution in [0.1, 0.15) is 23.8 Å². The molecule has 0 aliphatic heterocycles. The van der Waals surface area contributed by atoms with E-state index in [0.29, 0.717) is 12.4 Å². The van der Waals surface area contributed by atoms with E-state index in [1.165, 1.54) is 18.3 Å². The number of hydrogen-bond acceptors (Lipinski definition) is 6. The van der Waals surface area contributed by atoms with Crippen molar-refractivity contribution in [2.24, 2.45) is 0 Å². The molecule has 0 bridgehead atoms. The fourth-order valence-corrected chi connectivity index (χ4v) is 3.74. The molecule has 2 N–H and O–H groups in total. The minimum absolute atomic E-state index is 0.0694. The third-order valence-electron chi connectivity index (χ3n) is 4.22. The number of nitrogens with zero attached hydrogens (tertiary/aromatic N) is 3. The number of thiophene rings is 1. The molecule has 3 heterocycles. The molecule has 7 nitrogen and oxygen atoms in total. The van der Waals surface area contributed by atoms with Crippen LogP contribution in [0, 0.1) is 6.92 Å². The first-order valence-corrected chi connectivity index (χ1v) is 9.95. The number of carbonyl (C=O) groups excluding carboxylic acids is 1. The largest absolute Gasteiger partial charge is 0.481 e. The lowest BCUT2D eigenvalue weighted by molar-refractivity contribution is -0.138. The number of carbonyl (C=O) groups is 2. The molecule has 0 radical (unpaired) electrons. The van der Waals surface area contributed by atoms with E-state index in [4.69, 9.17) is 5.11 Å². The van der Waals surface area contributed by atoms with E-state index in [1.807, 2.05) is 49.4 Å². The summed E-state index contributed by atoms with van der Waals surface area (Å²) in [5.74, 6) is 0.371. The van der Waals surface area contributed by atoms with Crippen molar-refractivity contribution in [2.75, 3.05) is 11.9 Å². The van der Waals surface area contributed by atoms with E-state index in [9.17, 15) is 9.59 Å². The summed E-state index contributed by atoms with van der Waals surface area (Å²) in [4.78, 5) is 35.0. The quantitative estimate of drug-likeness (QED) is 0.581. The van der Waals surface area contributed by atoms with Gasteiger partial charge in [-0.1, -0.05) is 6.07 Å². The minimum Gasteiger partial charge on any atom is -0.481 e. The predicted octanol–water partition coefficient (Wildman–Crippen LogP) is 4.08. The Hall–Kier alpha value is -3.26. The standard InChI is InChI=1S/C21H22N4O3S/c1-14-8-10-22-20(12-14)24-19-5-3-4-17(23-19)18-7-6-16(29-18)13-25(15(2)26)11-9-21(27)28/h3-8,10,12H,9,11,13H2,1-2H3,(H,27,28)(H,22,23,24). The summed E-state index contributed by atoms with van der Waals surface area (Å²) in [6, 6.07) is 13.5. The van der Waals surface area contributed by atoms with Crippen LogP contribution in [-0.2, 0) is 16.1 Å². The Morgan fingerprint density at radius 1 is 1.17 bits per heavy atom. The summed E-state index contributed by atoms with van der Waals surface area (Å²) in [7, 11) is 0. The Morgan fingerprint density at radius 3 is 2.72 bits per heavy atom. The van der Waals surface area contributed by atoms with Crippen LogP contribution < -0.4 is 5.32 Å². The maximum Gasteiger partial charge on any atom is 0.305 e. The number of rotatable bonds is 8. The molecule has 0 aliphatic rings. The topological polar surface area (TPSA) is 95.4 Å². The Bertz CT molecular complexity index is 1020. The lowest BCUT2D eigenvalue weighted by Crippen LogP contribution is -2.30. The molecule has 0 aromatic carbocycles. The van der Waals surface area contributed by atoms with Gasteiger partial charge < -0.3 is 15.3 Å². The molecule has 0 saturated carbocycles. The number of aliphatic carboxylic acids is 1. The molecule has 0 fully saturated rings. The molecule has 0 aliphatic carbocycles. The highest BCUT2D eigenvalue weighted by Gasteiger charge is 2.13. The number of nitrogens with one attached hydrogen (secondary N) is 1. The van der Waals surface area contributed by atoms with Crippen LogP contribution in [0.3, 0.4) is 0 Å². The molecular formula is C21H22N4O3S. The van der Waals surface area contributed by atoms with Crippen LogP contribution in [0.25, 0.3) is 10.6 Å². The molecule has 150 valence electrons. The summed E-state index contributed by atoms with van der Waals surface area (Å²) < 4.78 is 0. The van der Waals surface area contributed by atoms with E-state index in [2.05, 4.69) is 15.3 Å². The fourth-order valence-electron chi connectivity index (χ4n) is 2.74. The summed E-state index contributed by atoms with van der Waals surface area (Å²) in [6.45, 7) is 4.04. The highest BCUT2D eigenvalue weighted by molar-refractivity contribution is 7.15. The number of carboxylic acids is 1. The van der Waals surface area contributed by atoms with E-state index in [0.717, 1.165) is 26.8 Å². The molecule has 1 amide bonds. The third kappa shape index (κ3) is 5.86. The Labute approximate surface area is 173 Å². The van der Waals surface area contributed by atoms with Gasteiger partial charge in [-0.05, 0) is 48.9 Å². The van der Waals surface area contributed by atoms with Crippen LogP contribution in [0.4, 0.5) is 11.6 Å². The molecule has 0 unspecified atom stereocenters. The molecule has 0 spiro atoms. The SMILES string of the molecule is CC(=O)N(CCC(=O)O)Cc1ccc(-c2cccc(Nc3cc(C)ccn3)n2)s1. The minimum atomic E-state index is -0.917. The summed E-state index contributed by atoms with van der Waals surface area (Å²) >= 11 is 1.54. The monoisotopic (exact) mass is 410 g/mol. The van der Waals surface area contributed by atoms with Crippen LogP contribution in [0.15, 0.2) is 48.7 Å². The first-order chi connectivity index (χ1) is 13.9. The van der Waals surface area contributed by atoms with E-state index >= 15 is 0 Å². The number of anilines is 2. The van der Waals surface area contributed by atoms with Crippen molar-refractivity contribution in [1.82, 2.24) is 14.9 Å². The molecular weight excluding hydrogens is 388 g/mol. The van der Waals surface area contributed by atoms with E-state index in [-0.39, 0.29) is 18.9 Å². The van der Waals surface area contributed by atoms with Gasteiger partial charge in [0.15, 0.2) is 0 Å². The Balaban J connectivity index is 1.72. The number of aryl methyl sites for hydroxylation is 1. The zero-order chi connectivity index (χ0) is 20.8. The number of hydrogen-bond donors (Lipinski definition) is 2. The zero-order valence-corrected chi connectivity index (χ0v) is 17.1. The van der Waals surface area contributed by atoms with Gasteiger partial charge in [-0.2, -0.15) is 0 Å². The van der Waals surface area contributed by atoms with Gasteiger partial charge in [0.1, 0.15) is 11.6 Å². The lowest BCUT2D eigenvalue weighted by atomic mass is 10.3. The van der Waals surface area contributed by atoms with Gasteiger partial charge in [-0.25, -0.2) is 9.97 Å². The van der Waals surface area contributed by atoms with Gasteiger partial charge in [0, 0.05) is 24.5 Å². The summed E-state index contributed by atoms with van der Waals surface area (Å²) in [5.41, 5.74) is 1.93. The molecule has 0 atom stereocenters. The average Bonchev–Trinajstić information content (AvgIpc) is 3.14. The van der Waals surface area contributed by atoms with Gasteiger partial charge in [-0.15, -0.1) is 11.3 Å². The van der Waals surface area contributed by atoms with Crippen LogP contribution in [0.5, 0.6) is 0 Å². The highest BCUT2D eigenvalue weighted by Crippen LogP contribution is 2.29. The van der Waals surface area contributed by atoms with Crippen molar-refractivity contribution in [3.05, 3.63) is 59.1 Å². The van der Waals surface area contributed by atoms with Crippen molar-refractivity contribution in [3.63, 3.8) is 0 Å². The Kier molecular flexibility index (Phi) is 6.56.